The summed E-state index contributed by atoms with van der Waals surface area (Å²) in [6.45, 7) is 2.97. The fourth-order valence-electron chi connectivity index (χ4n) is 3.03. The molecule has 2 aliphatic rings. The van der Waals surface area contributed by atoms with E-state index in [1.165, 1.54) is 28.4 Å². The van der Waals surface area contributed by atoms with Crippen LogP contribution in [0.15, 0.2) is 11.9 Å². The molecule has 0 radical (unpaired) electrons. The molecule has 1 aliphatic carbocycles. The smallest absolute Gasteiger partial charge is 0.342 e. The highest BCUT2D eigenvalue weighted by Crippen LogP contribution is 2.46. The van der Waals surface area contributed by atoms with Crippen molar-refractivity contribution in [2.24, 2.45) is 0 Å². The number of ether oxygens (including phenoxy) is 7. The second-order valence-corrected chi connectivity index (χ2v) is 6.16. The minimum Gasteiger partial charge on any atom is -0.467 e. The largest absolute Gasteiger partial charge is 0.467 e. The molecule has 1 fully saturated rings. The molecule has 0 aromatic heterocycles. The molecule has 0 N–H and O–H groups in total. The number of carbonyl (C=O) groups is 1. The molecule has 0 aromatic rings. The lowest BCUT2D eigenvalue weighted by atomic mass is 9.84. The summed E-state index contributed by atoms with van der Waals surface area (Å²) < 4.78 is 52.4. The summed E-state index contributed by atoms with van der Waals surface area (Å²) in [5, 5.41) is 0. The normalized spacial score (nSPS) is 41.0. The highest BCUT2D eigenvalue weighted by atomic mass is 19.1. The van der Waals surface area contributed by atoms with Crippen molar-refractivity contribution in [1.82, 2.24) is 0 Å². The second-order valence-electron chi connectivity index (χ2n) is 6.16. The van der Waals surface area contributed by atoms with Crippen LogP contribution in [-0.4, -0.2) is 70.6 Å². The Morgan fingerprint density at radius 2 is 1.80 bits per heavy atom. The van der Waals surface area contributed by atoms with E-state index in [1.807, 2.05) is 0 Å². The van der Waals surface area contributed by atoms with E-state index in [1.54, 1.807) is 13.8 Å². The third-order valence-corrected chi connectivity index (χ3v) is 4.78. The maximum Gasteiger partial charge on any atom is 0.342 e. The first-order valence-corrected chi connectivity index (χ1v) is 7.76. The molecule has 9 heteroatoms. The molecule has 2 rings (SSSR count). The van der Waals surface area contributed by atoms with Crippen molar-refractivity contribution >= 4 is 5.97 Å². The van der Waals surface area contributed by atoms with Gasteiger partial charge in [0.15, 0.2) is 5.60 Å². The first kappa shape index (κ1) is 20.2. The number of carbonyl (C=O) groups excluding carboxylic acids is 1. The molecule has 8 nitrogen and oxygen atoms in total. The highest BCUT2D eigenvalue weighted by molar-refractivity contribution is 5.82. The zero-order valence-corrected chi connectivity index (χ0v) is 15.3. The summed E-state index contributed by atoms with van der Waals surface area (Å²) in [5.74, 6) is -4.17. The van der Waals surface area contributed by atoms with Crippen LogP contribution in [0.3, 0.4) is 0 Å². The fraction of sp³-hybridized carbons (Fsp3) is 0.812. The van der Waals surface area contributed by atoms with Crippen LogP contribution in [0.25, 0.3) is 0 Å². The highest BCUT2D eigenvalue weighted by Gasteiger charge is 2.61. The molecule has 1 heterocycles. The molecular formula is C16H25FO8. The molecule has 0 bridgehead atoms. The van der Waals surface area contributed by atoms with E-state index < -0.39 is 41.2 Å². The van der Waals surface area contributed by atoms with Crippen LogP contribution in [0, 0.1) is 0 Å². The van der Waals surface area contributed by atoms with E-state index in [4.69, 9.17) is 33.2 Å². The van der Waals surface area contributed by atoms with E-state index in [2.05, 4.69) is 0 Å². The number of esters is 1. The van der Waals surface area contributed by atoms with Crippen LogP contribution in [0.2, 0.25) is 0 Å². The molecular weight excluding hydrogens is 339 g/mol. The third-order valence-electron chi connectivity index (χ3n) is 4.78. The molecule has 5 atom stereocenters. The van der Waals surface area contributed by atoms with Gasteiger partial charge in [0.2, 0.25) is 11.6 Å². The number of halogens is 1. The Balaban J connectivity index is 2.41. The van der Waals surface area contributed by atoms with Crippen molar-refractivity contribution in [2.75, 3.05) is 35.2 Å². The predicted molar refractivity (Wildman–Crippen MR) is 82.1 cm³/mol. The lowest BCUT2D eigenvalue weighted by Crippen LogP contribution is -2.67. The Morgan fingerprint density at radius 3 is 2.32 bits per heavy atom. The number of rotatable bonds is 6. The summed E-state index contributed by atoms with van der Waals surface area (Å²) in [7, 11) is 5.41. The Hall–Kier alpha value is -1.10. The third kappa shape index (κ3) is 3.32. The van der Waals surface area contributed by atoms with Gasteiger partial charge in [-0.1, -0.05) is 0 Å². The van der Waals surface area contributed by atoms with Gasteiger partial charge in [-0.3, -0.25) is 0 Å². The summed E-state index contributed by atoms with van der Waals surface area (Å²) in [4.78, 5) is 12.3. The molecule has 25 heavy (non-hydrogen) atoms. The number of fused-ring (bicyclic) bond motifs is 1. The topological polar surface area (TPSA) is 81.7 Å². The minimum absolute atomic E-state index is 0.0418. The summed E-state index contributed by atoms with van der Waals surface area (Å²) in [5.41, 5.74) is -1.69. The monoisotopic (exact) mass is 364 g/mol. The maximum absolute atomic E-state index is 14.8. The Kier molecular flexibility index (Phi) is 5.87. The molecule has 0 saturated carbocycles. The molecule has 1 saturated heterocycles. The van der Waals surface area contributed by atoms with Gasteiger partial charge in [0, 0.05) is 27.8 Å². The quantitative estimate of drug-likeness (QED) is 0.515. The van der Waals surface area contributed by atoms with Gasteiger partial charge < -0.3 is 33.2 Å². The average Bonchev–Trinajstić information content (AvgIpc) is 2.61. The van der Waals surface area contributed by atoms with Gasteiger partial charge in [-0.2, -0.15) is 0 Å². The summed E-state index contributed by atoms with van der Waals surface area (Å²) >= 11 is 0. The van der Waals surface area contributed by atoms with Crippen molar-refractivity contribution in [3.8, 4) is 0 Å². The number of methoxy groups -OCH3 is 4. The van der Waals surface area contributed by atoms with E-state index in [0.29, 0.717) is 0 Å². The van der Waals surface area contributed by atoms with Gasteiger partial charge in [0.1, 0.15) is 18.7 Å². The Morgan fingerprint density at radius 1 is 1.20 bits per heavy atom. The van der Waals surface area contributed by atoms with Crippen LogP contribution in [-0.2, 0) is 38.0 Å². The summed E-state index contributed by atoms with van der Waals surface area (Å²) in [6.07, 6.45) is -0.945. The van der Waals surface area contributed by atoms with E-state index in [-0.39, 0.29) is 13.2 Å². The van der Waals surface area contributed by atoms with Crippen LogP contribution in [0.1, 0.15) is 20.3 Å². The van der Waals surface area contributed by atoms with E-state index in [9.17, 15) is 9.18 Å². The zero-order valence-electron chi connectivity index (χ0n) is 15.3. The lowest BCUT2D eigenvalue weighted by molar-refractivity contribution is -0.448. The van der Waals surface area contributed by atoms with Gasteiger partial charge in [-0.15, -0.1) is 0 Å². The van der Waals surface area contributed by atoms with E-state index in [0.717, 1.165) is 6.08 Å². The lowest BCUT2D eigenvalue weighted by Gasteiger charge is -2.53. The molecule has 0 aromatic carbocycles. The molecule has 144 valence electrons. The van der Waals surface area contributed by atoms with Gasteiger partial charge in [-0.25, -0.2) is 9.18 Å². The maximum atomic E-state index is 14.8. The van der Waals surface area contributed by atoms with Gasteiger partial charge in [-0.05, 0) is 19.9 Å². The Bertz CT molecular complexity index is 540. The van der Waals surface area contributed by atoms with Crippen LogP contribution in [0.4, 0.5) is 4.39 Å². The van der Waals surface area contributed by atoms with Gasteiger partial charge in [0.05, 0.1) is 13.2 Å². The van der Waals surface area contributed by atoms with Crippen molar-refractivity contribution in [2.45, 2.75) is 49.7 Å². The number of hydrogen-bond donors (Lipinski definition) is 0. The molecule has 1 aliphatic heterocycles. The van der Waals surface area contributed by atoms with Crippen LogP contribution < -0.4 is 0 Å². The molecule has 0 spiro atoms. The van der Waals surface area contributed by atoms with Gasteiger partial charge >= 0.3 is 5.97 Å². The number of hydrogen-bond acceptors (Lipinski definition) is 8. The van der Waals surface area contributed by atoms with Crippen LogP contribution in [0.5, 0.6) is 0 Å². The average molecular weight is 364 g/mol. The van der Waals surface area contributed by atoms with Crippen molar-refractivity contribution in [3.05, 3.63) is 11.9 Å². The summed E-state index contributed by atoms with van der Waals surface area (Å²) in [6, 6.07) is 0. The SMILES string of the molecule is COCO[C@@]1(C(=O)OC)C=C(F)[C@H]2O[C@](C)(OC)[C@@](C)(OC)O[C@@H]2C1. The predicted octanol–water partition coefficient (Wildman–Crippen LogP) is 1.28. The standard InChI is InChI=1S/C16H25FO8/c1-14(21-5)15(2,22-6)25-12-10(17)7-16(13(18)20-4,23-9-19-3)8-11(12)24-14/h7,11-12H,8-9H2,1-6H3/t11-,12-,14+,15+,16+/m1/s1. The molecule has 0 unspecified atom stereocenters. The Labute approximate surface area is 146 Å². The molecule has 0 amide bonds. The van der Waals surface area contributed by atoms with Crippen molar-refractivity contribution < 1.29 is 42.3 Å². The van der Waals surface area contributed by atoms with Crippen LogP contribution >= 0.6 is 0 Å². The van der Waals surface area contributed by atoms with Crippen molar-refractivity contribution in [3.63, 3.8) is 0 Å². The van der Waals surface area contributed by atoms with Gasteiger partial charge in [0.25, 0.3) is 0 Å². The zero-order chi connectivity index (χ0) is 18.9. The fourth-order valence-corrected chi connectivity index (χ4v) is 3.03. The minimum atomic E-state index is -1.69. The van der Waals surface area contributed by atoms with E-state index >= 15 is 0 Å². The first-order valence-electron chi connectivity index (χ1n) is 7.76. The second kappa shape index (κ2) is 7.26. The first-order chi connectivity index (χ1) is 11.7. The van der Waals surface area contributed by atoms with Crippen molar-refractivity contribution in [1.29, 1.82) is 0 Å².